The van der Waals surface area contributed by atoms with Crippen LogP contribution in [0.15, 0.2) is 24.3 Å². The lowest BCUT2D eigenvalue weighted by Crippen LogP contribution is -2.42. The van der Waals surface area contributed by atoms with Crippen LogP contribution in [0.3, 0.4) is 0 Å². The van der Waals surface area contributed by atoms with Crippen LogP contribution in [-0.4, -0.2) is 88.5 Å². The van der Waals surface area contributed by atoms with Gasteiger partial charge in [0.25, 0.3) is 5.91 Å². The van der Waals surface area contributed by atoms with Crippen molar-refractivity contribution in [2.24, 2.45) is 0 Å². The molecule has 0 unspecified atom stereocenters. The van der Waals surface area contributed by atoms with Gasteiger partial charge in [-0.1, -0.05) is 12.1 Å². The summed E-state index contributed by atoms with van der Waals surface area (Å²) in [5.41, 5.74) is 0.493. The van der Waals surface area contributed by atoms with Gasteiger partial charge in [0.1, 0.15) is 11.9 Å². The van der Waals surface area contributed by atoms with Gasteiger partial charge in [0.05, 0.1) is 37.7 Å². The van der Waals surface area contributed by atoms with Crippen LogP contribution in [0.25, 0.3) is 0 Å². The van der Waals surface area contributed by atoms with E-state index in [2.05, 4.69) is 0 Å². The highest BCUT2D eigenvalue weighted by Crippen LogP contribution is 2.25. The van der Waals surface area contributed by atoms with E-state index in [1.54, 1.807) is 30.1 Å². The lowest BCUT2D eigenvalue weighted by molar-refractivity contribution is -0.0933. The van der Waals surface area contributed by atoms with Crippen LogP contribution in [0, 0.1) is 0 Å². The number of carbonyl (C=O) groups is 1. The van der Waals surface area contributed by atoms with Crippen molar-refractivity contribution in [3.8, 4) is 5.75 Å². The normalized spacial score (nSPS) is 22.0. The Balaban J connectivity index is 1.62. The first-order valence-corrected chi connectivity index (χ1v) is 11.3. The second kappa shape index (κ2) is 9.21. The number of rotatable bonds is 6. The second-order valence-electron chi connectivity index (χ2n) is 7.23. The molecule has 0 N–H and O–H groups in total. The smallest absolute Gasteiger partial charge is 0.257 e. The minimum atomic E-state index is -3.17. The summed E-state index contributed by atoms with van der Waals surface area (Å²) in [6, 6.07) is 7.17. The fourth-order valence-corrected chi connectivity index (χ4v) is 4.32. The third-order valence-electron chi connectivity index (χ3n) is 4.99. The van der Waals surface area contributed by atoms with Gasteiger partial charge < -0.3 is 19.1 Å². The molecule has 2 saturated heterocycles. The molecule has 0 aliphatic carbocycles. The molecule has 9 heteroatoms. The minimum absolute atomic E-state index is 0.118. The van der Waals surface area contributed by atoms with Crippen LogP contribution in [0.2, 0.25) is 0 Å². The molecule has 0 saturated carbocycles. The molecule has 0 bridgehead atoms. The van der Waals surface area contributed by atoms with Gasteiger partial charge in [-0.25, -0.2) is 12.7 Å². The number of para-hydroxylation sites is 1. The highest BCUT2D eigenvalue weighted by atomic mass is 32.2. The van der Waals surface area contributed by atoms with Gasteiger partial charge >= 0.3 is 0 Å². The summed E-state index contributed by atoms with van der Waals surface area (Å²) in [5.74, 6) is 0.385. The number of hydrogen-bond donors (Lipinski definition) is 0. The van der Waals surface area contributed by atoms with Crippen molar-refractivity contribution in [2.75, 3.05) is 52.8 Å². The number of ether oxygens (including phenoxy) is 3. The monoisotopic (exact) mass is 412 g/mol. The molecule has 0 aromatic heterocycles. The molecule has 2 aliphatic rings. The summed E-state index contributed by atoms with van der Waals surface area (Å²) in [6.45, 7) is 2.91. The summed E-state index contributed by atoms with van der Waals surface area (Å²) in [4.78, 5) is 14.5. The van der Waals surface area contributed by atoms with Gasteiger partial charge in [0, 0.05) is 26.7 Å². The third kappa shape index (κ3) is 5.44. The first-order chi connectivity index (χ1) is 13.3. The maximum absolute atomic E-state index is 12.9. The Morgan fingerprint density at radius 2 is 1.96 bits per heavy atom. The van der Waals surface area contributed by atoms with Crippen LogP contribution >= 0.6 is 0 Å². The Labute approximate surface area is 166 Å². The number of benzene rings is 1. The Hall–Kier alpha value is -1.68. The van der Waals surface area contributed by atoms with Crippen molar-refractivity contribution in [1.29, 1.82) is 0 Å². The molecule has 2 heterocycles. The van der Waals surface area contributed by atoms with Crippen molar-refractivity contribution in [3.63, 3.8) is 0 Å². The Bertz CT molecular complexity index is 770. The second-order valence-corrected chi connectivity index (χ2v) is 9.21. The topological polar surface area (TPSA) is 85.4 Å². The van der Waals surface area contributed by atoms with Crippen LogP contribution in [-0.2, 0) is 19.5 Å². The summed E-state index contributed by atoms with van der Waals surface area (Å²) < 4.78 is 41.9. The first kappa shape index (κ1) is 21.0. The van der Waals surface area contributed by atoms with Gasteiger partial charge in [-0.2, -0.15) is 0 Å². The summed E-state index contributed by atoms with van der Waals surface area (Å²) in [5, 5.41) is 0. The predicted octanol–water partition coefficient (Wildman–Crippen LogP) is 0.977. The summed E-state index contributed by atoms with van der Waals surface area (Å²) in [7, 11) is -1.44. The summed E-state index contributed by atoms with van der Waals surface area (Å²) >= 11 is 0. The zero-order valence-corrected chi connectivity index (χ0v) is 17.2. The zero-order valence-electron chi connectivity index (χ0n) is 16.4. The molecule has 0 radical (unpaired) electrons. The quantitative estimate of drug-likeness (QED) is 0.692. The minimum Gasteiger partial charge on any atom is -0.489 e. The van der Waals surface area contributed by atoms with Gasteiger partial charge in [-0.15, -0.1) is 0 Å². The largest absolute Gasteiger partial charge is 0.489 e. The van der Waals surface area contributed by atoms with Crippen molar-refractivity contribution >= 4 is 15.9 Å². The van der Waals surface area contributed by atoms with Crippen molar-refractivity contribution in [2.45, 2.75) is 25.0 Å². The van der Waals surface area contributed by atoms with E-state index in [0.29, 0.717) is 63.6 Å². The number of likely N-dealkylation sites (N-methyl/N-ethyl adjacent to an activating group) is 1. The van der Waals surface area contributed by atoms with Crippen LogP contribution in [0.4, 0.5) is 0 Å². The highest BCUT2D eigenvalue weighted by molar-refractivity contribution is 7.88. The van der Waals surface area contributed by atoms with E-state index >= 15 is 0 Å². The molecular formula is C19H28N2O6S. The lowest BCUT2D eigenvalue weighted by atomic mass is 10.1. The van der Waals surface area contributed by atoms with E-state index in [-0.39, 0.29) is 18.1 Å². The summed E-state index contributed by atoms with van der Waals surface area (Å²) in [6.07, 6.45) is 2.17. The number of sulfonamides is 1. The van der Waals surface area contributed by atoms with Gasteiger partial charge in [-0.05, 0) is 25.0 Å². The molecule has 2 aliphatic heterocycles. The first-order valence-electron chi connectivity index (χ1n) is 9.50. The maximum atomic E-state index is 12.9. The Morgan fingerprint density at radius 3 is 2.61 bits per heavy atom. The molecule has 2 fully saturated rings. The van der Waals surface area contributed by atoms with Gasteiger partial charge in [-0.3, -0.25) is 4.79 Å². The molecule has 156 valence electrons. The molecule has 1 amide bonds. The number of piperidine rings is 1. The Morgan fingerprint density at radius 1 is 1.25 bits per heavy atom. The number of nitrogens with zero attached hydrogens (tertiary/aromatic N) is 2. The van der Waals surface area contributed by atoms with Crippen LogP contribution in [0.5, 0.6) is 5.75 Å². The SMILES string of the molecule is CN(C[C@H]1COCCO1)C(=O)c1ccccc1OC1CCN(S(C)(=O)=O)CC1. The predicted molar refractivity (Wildman–Crippen MR) is 104 cm³/mol. The van der Waals surface area contributed by atoms with E-state index in [4.69, 9.17) is 14.2 Å². The lowest BCUT2D eigenvalue weighted by Gasteiger charge is -2.31. The molecule has 3 rings (SSSR count). The standard InChI is InChI=1S/C19H28N2O6S/c1-20(13-16-14-25-11-12-26-16)19(22)17-5-3-4-6-18(17)27-15-7-9-21(10-8-15)28(2,23)24/h3-6,15-16H,7-14H2,1-2H3/t16-/m0/s1. The van der Waals surface area contributed by atoms with Gasteiger partial charge in [0.2, 0.25) is 10.0 Å². The molecule has 8 nitrogen and oxygen atoms in total. The number of hydrogen-bond acceptors (Lipinski definition) is 6. The fourth-order valence-electron chi connectivity index (χ4n) is 3.44. The van der Waals surface area contributed by atoms with Crippen molar-refractivity contribution < 1.29 is 27.4 Å². The molecule has 28 heavy (non-hydrogen) atoms. The number of carbonyl (C=O) groups excluding carboxylic acids is 1. The number of amides is 1. The zero-order chi connectivity index (χ0) is 20.1. The third-order valence-corrected chi connectivity index (χ3v) is 6.29. The molecule has 0 spiro atoms. The van der Waals surface area contributed by atoms with Crippen molar-refractivity contribution in [1.82, 2.24) is 9.21 Å². The maximum Gasteiger partial charge on any atom is 0.257 e. The molecular weight excluding hydrogens is 384 g/mol. The average molecular weight is 413 g/mol. The van der Waals surface area contributed by atoms with Crippen molar-refractivity contribution in [3.05, 3.63) is 29.8 Å². The van der Waals surface area contributed by atoms with Crippen LogP contribution < -0.4 is 4.74 Å². The van der Waals surface area contributed by atoms with E-state index in [9.17, 15) is 13.2 Å². The van der Waals surface area contributed by atoms with E-state index in [1.807, 2.05) is 6.07 Å². The molecule has 1 atom stereocenters. The Kier molecular flexibility index (Phi) is 6.92. The fraction of sp³-hybridized carbons (Fsp3) is 0.632. The van der Waals surface area contributed by atoms with E-state index in [1.165, 1.54) is 10.6 Å². The average Bonchev–Trinajstić information content (AvgIpc) is 2.68. The highest BCUT2D eigenvalue weighted by Gasteiger charge is 2.28. The van der Waals surface area contributed by atoms with Gasteiger partial charge in [0.15, 0.2) is 0 Å². The molecule has 1 aromatic rings. The van der Waals surface area contributed by atoms with Crippen LogP contribution in [0.1, 0.15) is 23.2 Å². The van der Waals surface area contributed by atoms with E-state index in [0.717, 1.165) is 0 Å². The van der Waals surface area contributed by atoms with E-state index < -0.39 is 10.0 Å². The molecule has 1 aromatic carbocycles.